The van der Waals surface area contributed by atoms with Gasteiger partial charge in [-0.2, -0.15) is 10.5 Å². The SMILES string of the molecule is N#Cc1c(-n2c3ccccc3c3ccccc32)c(-n2c3ccccc3c3ccccc32)c(C#N)c(-n2c3ccc(-c4cccc5ccc6ccccc6c45)cc3c3ccc4c5ccccc5sc4c32)c1-n1c2ccccc2c2ccccc21. The molecule has 0 aliphatic heterocycles. The van der Waals surface area contributed by atoms with Crippen LogP contribution in [0.5, 0.6) is 0 Å². The van der Waals surface area contributed by atoms with E-state index in [1.807, 2.05) is 0 Å². The maximum atomic E-state index is 13.0. The van der Waals surface area contributed by atoms with Gasteiger partial charge >= 0.3 is 0 Å². The first-order valence-electron chi connectivity index (χ1n) is 28.0. The van der Waals surface area contributed by atoms with Gasteiger partial charge in [-0.15, -0.1) is 11.3 Å². The Kier molecular flexibility index (Phi) is 9.42. The summed E-state index contributed by atoms with van der Waals surface area (Å²) in [6.07, 6.45) is 0. The predicted octanol–water partition coefficient (Wildman–Crippen LogP) is 20.2. The monoisotopic (exact) mass is 1070 g/mol. The summed E-state index contributed by atoms with van der Waals surface area (Å²) in [6, 6.07) is 96.7. The number of fused-ring (bicyclic) bond motifs is 19. The highest BCUT2D eigenvalue weighted by atomic mass is 32.1. The number of benzene rings is 13. The molecule has 5 aromatic heterocycles. The van der Waals surface area contributed by atoms with Crippen LogP contribution in [-0.4, -0.2) is 18.3 Å². The van der Waals surface area contributed by atoms with E-state index in [0.717, 1.165) is 108 Å². The van der Waals surface area contributed by atoms with Crippen LogP contribution in [0.3, 0.4) is 0 Å². The zero-order valence-electron chi connectivity index (χ0n) is 44.3. The number of aromatic nitrogens is 4. The summed E-state index contributed by atoms with van der Waals surface area (Å²) in [6.45, 7) is 0. The van der Waals surface area contributed by atoms with Crippen molar-refractivity contribution in [2.45, 2.75) is 0 Å². The molecule has 18 rings (SSSR count). The standard InChI is InChI=1S/C76H42N6S/c77-43-60-71(79-62-29-10-3-21-50(62)51-22-4-11-30-63(51)79)72(80-64-31-12-5-23-52(64)53-24-6-13-32-65(53)80)61(44-78)74(73(60)81-66-33-14-7-25-54(66)55-26-8-15-34-67(55)81)82-68-41-38-47(49-28-17-19-46-37-36-45-18-1-2-20-48(45)70(46)49)42-59(68)57-39-40-58-56-27-9-16-35-69(56)83-76(58)75(57)82/h1-42H. The molecule has 0 unspecified atom stereocenters. The first-order valence-corrected chi connectivity index (χ1v) is 28.8. The van der Waals surface area contributed by atoms with E-state index < -0.39 is 0 Å². The molecule has 382 valence electrons. The Morgan fingerprint density at radius 3 is 1.19 bits per heavy atom. The van der Waals surface area contributed by atoms with Gasteiger partial charge in [0.2, 0.25) is 0 Å². The van der Waals surface area contributed by atoms with Gasteiger partial charge in [-0.25, -0.2) is 0 Å². The van der Waals surface area contributed by atoms with Crippen molar-refractivity contribution >= 4 is 140 Å². The Morgan fingerprint density at radius 1 is 0.289 bits per heavy atom. The molecule has 0 fully saturated rings. The third-order valence-electron chi connectivity index (χ3n) is 17.6. The Morgan fingerprint density at radius 2 is 0.687 bits per heavy atom. The molecule has 7 heteroatoms. The van der Waals surface area contributed by atoms with Gasteiger partial charge in [0.15, 0.2) is 0 Å². The number of thiophene rings is 1. The van der Waals surface area contributed by atoms with Crippen molar-refractivity contribution in [3.63, 3.8) is 0 Å². The van der Waals surface area contributed by atoms with Crippen LogP contribution in [-0.2, 0) is 0 Å². The first kappa shape index (κ1) is 45.6. The van der Waals surface area contributed by atoms with Crippen molar-refractivity contribution in [1.82, 2.24) is 18.3 Å². The summed E-state index contributed by atoms with van der Waals surface area (Å²) in [5.41, 5.74) is 13.0. The minimum Gasteiger partial charge on any atom is -0.306 e. The molecule has 13 aromatic carbocycles. The van der Waals surface area contributed by atoms with E-state index in [1.165, 1.54) is 31.6 Å². The number of nitriles is 2. The smallest absolute Gasteiger partial charge is 0.104 e. The molecular weight excluding hydrogens is 1030 g/mol. The van der Waals surface area contributed by atoms with E-state index in [9.17, 15) is 10.5 Å². The maximum absolute atomic E-state index is 13.0. The van der Waals surface area contributed by atoms with Gasteiger partial charge in [0.25, 0.3) is 0 Å². The van der Waals surface area contributed by atoms with E-state index in [-0.39, 0.29) is 0 Å². The summed E-state index contributed by atoms with van der Waals surface area (Å²) in [4.78, 5) is 0. The quantitative estimate of drug-likeness (QED) is 0.161. The minimum atomic E-state index is 0.422. The van der Waals surface area contributed by atoms with Crippen LogP contribution in [0.4, 0.5) is 0 Å². The van der Waals surface area contributed by atoms with Gasteiger partial charge in [0.1, 0.15) is 23.3 Å². The van der Waals surface area contributed by atoms with Crippen molar-refractivity contribution in [1.29, 1.82) is 10.5 Å². The average Bonchev–Trinajstić information content (AvgIpc) is 3.11. The van der Waals surface area contributed by atoms with Crippen molar-refractivity contribution < 1.29 is 0 Å². The normalized spacial score (nSPS) is 12.1. The molecule has 0 N–H and O–H groups in total. The summed E-state index contributed by atoms with van der Waals surface area (Å²) >= 11 is 1.78. The van der Waals surface area contributed by atoms with Crippen LogP contribution in [0.1, 0.15) is 11.1 Å². The number of hydrogen-bond acceptors (Lipinski definition) is 3. The van der Waals surface area contributed by atoms with Crippen LogP contribution < -0.4 is 0 Å². The molecule has 18 aromatic rings. The highest BCUT2D eigenvalue weighted by molar-refractivity contribution is 7.26. The van der Waals surface area contributed by atoms with Crippen molar-refractivity contribution in [2.75, 3.05) is 0 Å². The summed E-state index contributed by atoms with van der Waals surface area (Å²) in [5, 5.41) is 41.3. The minimum absolute atomic E-state index is 0.422. The number of para-hydroxylation sites is 6. The summed E-state index contributed by atoms with van der Waals surface area (Å²) in [5.74, 6) is 0. The lowest BCUT2D eigenvalue weighted by Crippen LogP contribution is -2.16. The molecule has 83 heavy (non-hydrogen) atoms. The van der Waals surface area contributed by atoms with Crippen LogP contribution in [0.25, 0.3) is 163 Å². The molecule has 0 aliphatic carbocycles. The predicted molar refractivity (Wildman–Crippen MR) is 347 cm³/mol. The van der Waals surface area contributed by atoms with Crippen molar-refractivity contribution in [3.8, 4) is 46.0 Å². The zero-order valence-corrected chi connectivity index (χ0v) is 45.2. The number of hydrogen-bond donors (Lipinski definition) is 0. The molecule has 0 radical (unpaired) electrons. The van der Waals surface area contributed by atoms with E-state index in [2.05, 4.69) is 285 Å². The topological polar surface area (TPSA) is 67.3 Å². The summed E-state index contributed by atoms with van der Waals surface area (Å²) in [7, 11) is 0. The van der Waals surface area contributed by atoms with Gasteiger partial charge in [-0.1, -0.05) is 200 Å². The van der Waals surface area contributed by atoms with Crippen LogP contribution in [0, 0.1) is 22.7 Å². The molecule has 0 bridgehead atoms. The second kappa shape index (κ2) is 17.1. The number of rotatable bonds is 5. The maximum Gasteiger partial charge on any atom is 0.104 e. The highest BCUT2D eigenvalue weighted by Crippen LogP contribution is 2.51. The lowest BCUT2D eigenvalue weighted by atomic mass is 9.93. The lowest BCUT2D eigenvalue weighted by molar-refractivity contribution is 1.03. The van der Waals surface area contributed by atoms with Crippen molar-refractivity contribution in [3.05, 3.63) is 266 Å². The fourth-order valence-electron chi connectivity index (χ4n) is 14.3. The van der Waals surface area contributed by atoms with Gasteiger partial charge in [-0.3, -0.25) is 0 Å². The van der Waals surface area contributed by atoms with E-state index in [4.69, 9.17) is 0 Å². The molecule has 0 amide bonds. The van der Waals surface area contributed by atoms with Crippen LogP contribution >= 0.6 is 11.3 Å². The van der Waals surface area contributed by atoms with E-state index >= 15 is 0 Å². The lowest BCUT2D eigenvalue weighted by Gasteiger charge is -2.27. The molecule has 0 aliphatic rings. The average molecular weight is 1070 g/mol. The van der Waals surface area contributed by atoms with Gasteiger partial charge in [0, 0.05) is 58.6 Å². The Balaban J connectivity index is 1.12. The molecule has 5 heterocycles. The Hall–Kier alpha value is -11.2. The van der Waals surface area contributed by atoms with Gasteiger partial charge in [-0.05, 0) is 87.3 Å². The van der Waals surface area contributed by atoms with Gasteiger partial charge in [0.05, 0.1) is 71.6 Å². The van der Waals surface area contributed by atoms with Crippen LogP contribution in [0.15, 0.2) is 255 Å². The second-order valence-corrected chi connectivity index (χ2v) is 22.7. The molecule has 0 atom stereocenters. The Bertz CT molecular complexity index is 5820. The fraction of sp³-hybridized carbons (Fsp3) is 0. The van der Waals surface area contributed by atoms with Crippen LogP contribution in [0.2, 0.25) is 0 Å². The molecule has 6 nitrogen and oxygen atoms in total. The zero-order chi connectivity index (χ0) is 54.6. The molecular formula is C76H42N6S. The molecule has 0 saturated carbocycles. The fourth-order valence-corrected chi connectivity index (χ4v) is 15.5. The third-order valence-corrected chi connectivity index (χ3v) is 18.8. The van der Waals surface area contributed by atoms with Crippen molar-refractivity contribution in [2.24, 2.45) is 0 Å². The van der Waals surface area contributed by atoms with E-state index in [0.29, 0.717) is 33.9 Å². The van der Waals surface area contributed by atoms with Gasteiger partial charge < -0.3 is 18.3 Å². The molecule has 0 spiro atoms. The number of nitrogens with zero attached hydrogens (tertiary/aromatic N) is 6. The molecule has 0 saturated heterocycles. The first-order chi connectivity index (χ1) is 41.2. The van der Waals surface area contributed by atoms with E-state index in [1.54, 1.807) is 11.3 Å². The highest BCUT2D eigenvalue weighted by Gasteiger charge is 2.35. The largest absolute Gasteiger partial charge is 0.306 e. The Labute approximate surface area is 478 Å². The second-order valence-electron chi connectivity index (χ2n) is 21.7. The third kappa shape index (κ3) is 6.13. The summed E-state index contributed by atoms with van der Waals surface area (Å²) < 4.78 is 11.5.